The number of hydrogen-bond acceptors (Lipinski definition) is 5. The Kier molecular flexibility index (Phi) is 10.7. The number of nitrogens with one attached hydrogen (secondary N) is 1. The lowest BCUT2D eigenvalue weighted by Crippen LogP contribution is -2.53. The molecule has 0 spiro atoms. The van der Waals surface area contributed by atoms with E-state index in [0.29, 0.717) is 12.3 Å². The van der Waals surface area contributed by atoms with Gasteiger partial charge in [0, 0.05) is 19.5 Å². The van der Waals surface area contributed by atoms with Gasteiger partial charge in [-0.15, -0.1) is 0 Å². The zero-order chi connectivity index (χ0) is 29.3. The van der Waals surface area contributed by atoms with Crippen LogP contribution in [0.4, 0.5) is 5.69 Å². The standard InChI is InChI=1S/C31H39N3O5S/c1-6-18-32-31(36)28(20-25-10-8-7-9-11-25)33(21-26-15-12-23(2)13-16-26)30(35)22-34(40(5,37)38)27-19-24(3)14-17-29(27)39-4/h7-17,19,28H,6,18,20-22H2,1-5H3,(H,32,36)/t28-/m1/s1. The predicted octanol–water partition coefficient (Wildman–Crippen LogP) is 4.24. The minimum atomic E-state index is -3.89. The van der Waals surface area contributed by atoms with Crippen LogP contribution in [0.5, 0.6) is 5.75 Å². The first kappa shape index (κ1) is 30.7. The fourth-order valence-electron chi connectivity index (χ4n) is 4.40. The van der Waals surface area contributed by atoms with Crippen LogP contribution in [0, 0.1) is 13.8 Å². The molecule has 3 aromatic rings. The van der Waals surface area contributed by atoms with Gasteiger partial charge in [0.2, 0.25) is 21.8 Å². The molecule has 9 heteroatoms. The average Bonchev–Trinajstić information content (AvgIpc) is 2.93. The molecule has 2 amide bonds. The van der Waals surface area contributed by atoms with Gasteiger partial charge < -0.3 is 15.0 Å². The monoisotopic (exact) mass is 565 g/mol. The van der Waals surface area contributed by atoms with Gasteiger partial charge in [-0.05, 0) is 49.1 Å². The van der Waals surface area contributed by atoms with Crippen LogP contribution in [0.15, 0.2) is 72.8 Å². The molecule has 214 valence electrons. The average molecular weight is 566 g/mol. The van der Waals surface area contributed by atoms with Crippen molar-refractivity contribution in [1.82, 2.24) is 10.2 Å². The Morgan fingerprint density at radius 2 is 1.57 bits per heavy atom. The molecule has 0 saturated carbocycles. The van der Waals surface area contributed by atoms with Gasteiger partial charge in [0.25, 0.3) is 0 Å². The van der Waals surface area contributed by atoms with E-state index in [1.165, 1.54) is 12.0 Å². The highest BCUT2D eigenvalue weighted by Crippen LogP contribution is 2.31. The first-order valence-corrected chi connectivity index (χ1v) is 15.2. The Hall–Kier alpha value is -3.85. The second-order valence-electron chi connectivity index (χ2n) is 9.95. The number of hydrogen-bond donors (Lipinski definition) is 1. The third kappa shape index (κ3) is 8.32. The van der Waals surface area contributed by atoms with Gasteiger partial charge in [0.1, 0.15) is 18.3 Å². The Labute approximate surface area is 238 Å². The molecule has 1 N–H and O–H groups in total. The lowest BCUT2D eigenvalue weighted by Gasteiger charge is -2.33. The minimum absolute atomic E-state index is 0.138. The number of aryl methyl sites for hydroxylation is 2. The van der Waals surface area contributed by atoms with E-state index in [1.807, 2.05) is 81.4 Å². The highest BCUT2D eigenvalue weighted by molar-refractivity contribution is 7.92. The summed E-state index contributed by atoms with van der Waals surface area (Å²) in [5.41, 5.74) is 3.87. The van der Waals surface area contributed by atoms with Crippen molar-refractivity contribution in [2.75, 3.05) is 30.8 Å². The summed E-state index contributed by atoms with van der Waals surface area (Å²) in [6.07, 6.45) is 2.08. The van der Waals surface area contributed by atoms with Crippen LogP contribution in [-0.2, 0) is 32.6 Å². The second kappa shape index (κ2) is 14.0. The number of sulfonamides is 1. The minimum Gasteiger partial charge on any atom is -0.495 e. The van der Waals surface area contributed by atoms with Crippen molar-refractivity contribution in [2.45, 2.75) is 46.2 Å². The number of benzene rings is 3. The van der Waals surface area contributed by atoms with Gasteiger partial charge in [-0.2, -0.15) is 0 Å². The summed E-state index contributed by atoms with van der Waals surface area (Å²) in [7, 11) is -2.44. The normalized spacial score (nSPS) is 11.9. The number of rotatable bonds is 13. The molecule has 0 unspecified atom stereocenters. The highest BCUT2D eigenvalue weighted by atomic mass is 32.2. The van der Waals surface area contributed by atoms with Gasteiger partial charge in [-0.3, -0.25) is 13.9 Å². The van der Waals surface area contributed by atoms with Crippen LogP contribution in [-0.4, -0.2) is 57.6 Å². The maximum absolute atomic E-state index is 14.1. The topological polar surface area (TPSA) is 96.0 Å². The molecular formula is C31H39N3O5S. The van der Waals surface area contributed by atoms with E-state index in [0.717, 1.165) is 39.2 Å². The van der Waals surface area contributed by atoms with Gasteiger partial charge in [0.05, 0.1) is 19.1 Å². The number of amides is 2. The molecular weight excluding hydrogens is 526 g/mol. The summed E-state index contributed by atoms with van der Waals surface area (Å²) in [5, 5.41) is 2.94. The Morgan fingerprint density at radius 1 is 0.925 bits per heavy atom. The summed E-state index contributed by atoms with van der Waals surface area (Å²) in [5.74, 6) is -0.456. The van der Waals surface area contributed by atoms with Crippen molar-refractivity contribution in [3.05, 3.63) is 95.1 Å². The number of methoxy groups -OCH3 is 1. The predicted molar refractivity (Wildman–Crippen MR) is 159 cm³/mol. The summed E-state index contributed by atoms with van der Waals surface area (Å²) in [6.45, 7) is 5.88. The number of ether oxygens (including phenoxy) is 1. The van der Waals surface area contributed by atoms with Gasteiger partial charge in [-0.25, -0.2) is 8.42 Å². The molecule has 8 nitrogen and oxygen atoms in total. The zero-order valence-corrected chi connectivity index (χ0v) is 24.7. The molecule has 3 rings (SSSR count). The first-order chi connectivity index (χ1) is 19.0. The molecule has 0 aromatic heterocycles. The van der Waals surface area contributed by atoms with Crippen molar-refractivity contribution < 1.29 is 22.7 Å². The van der Waals surface area contributed by atoms with E-state index in [1.54, 1.807) is 12.1 Å². The van der Waals surface area contributed by atoms with E-state index in [9.17, 15) is 18.0 Å². The van der Waals surface area contributed by atoms with Gasteiger partial charge in [-0.1, -0.05) is 73.2 Å². The highest BCUT2D eigenvalue weighted by Gasteiger charge is 2.33. The van der Waals surface area contributed by atoms with Crippen molar-refractivity contribution in [3.8, 4) is 5.75 Å². The van der Waals surface area contributed by atoms with Crippen molar-refractivity contribution in [2.24, 2.45) is 0 Å². The molecule has 3 aromatic carbocycles. The van der Waals surface area contributed by atoms with E-state index >= 15 is 0 Å². The molecule has 0 heterocycles. The van der Waals surface area contributed by atoms with Gasteiger partial charge in [0.15, 0.2) is 0 Å². The van der Waals surface area contributed by atoms with Crippen molar-refractivity contribution >= 4 is 27.5 Å². The lowest BCUT2D eigenvalue weighted by molar-refractivity contribution is -0.140. The molecule has 0 radical (unpaired) electrons. The van der Waals surface area contributed by atoms with Crippen LogP contribution < -0.4 is 14.4 Å². The SMILES string of the molecule is CCCNC(=O)[C@@H](Cc1ccccc1)N(Cc1ccc(C)cc1)C(=O)CN(c1cc(C)ccc1OC)S(C)(=O)=O. The Morgan fingerprint density at radius 3 is 2.17 bits per heavy atom. The first-order valence-electron chi connectivity index (χ1n) is 13.3. The van der Waals surface area contributed by atoms with Crippen LogP contribution in [0.25, 0.3) is 0 Å². The molecule has 0 aliphatic carbocycles. The summed E-state index contributed by atoms with van der Waals surface area (Å²) >= 11 is 0. The van der Waals surface area contributed by atoms with Crippen LogP contribution in [0.2, 0.25) is 0 Å². The number of carbonyl (C=O) groups excluding carboxylic acids is 2. The summed E-state index contributed by atoms with van der Waals surface area (Å²) in [6, 6.07) is 21.5. The number of nitrogens with zero attached hydrogens (tertiary/aromatic N) is 2. The largest absolute Gasteiger partial charge is 0.495 e. The van der Waals surface area contributed by atoms with E-state index in [2.05, 4.69) is 5.32 Å². The fraction of sp³-hybridized carbons (Fsp3) is 0.355. The molecule has 0 aliphatic heterocycles. The maximum Gasteiger partial charge on any atom is 0.244 e. The summed E-state index contributed by atoms with van der Waals surface area (Å²) < 4.78 is 32.5. The Bertz CT molecular complexity index is 1390. The smallest absolute Gasteiger partial charge is 0.244 e. The lowest BCUT2D eigenvalue weighted by atomic mass is 10.0. The van der Waals surface area contributed by atoms with E-state index in [4.69, 9.17) is 4.74 Å². The Balaban J connectivity index is 2.08. The van der Waals surface area contributed by atoms with Crippen molar-refractivity contribution in [3.63, 3.8) is 0 Å². The van der Waals surface area contributed by atoms with Crippen LogP contribution in [0.1, 0.15) is 35.6 Å². The molecule has 40 heavy (non-hydrogen) atoms. The van der Waals surface area contributed by atoms with Gasteiger partial charge >= 0.3 is 0 Å². The third-order valence-electron chi connectivity index (χ3n) is 6.58. The third-order valence-corrected chi connectivity index (χ3v) is 7.70. The van der Waals surface area contributed by atoms with E-state index in [-0.39, 0.29) is 24.6 Å². The number of carbonyl (C=O) groups is 2. The molecule has 0 fully saturated rings. The number of anilines is 1. The summed E-state index contributed by atoms with van der Waals surface area (Å²) in [4.78, 5) is 29.2. The molecule has 0 aliphatic rings. The van der Waals surface area contributed by atoms with Crippen molar-refractivity contribution in [1.29, 1.82) is 0 Å². The van der Waals surface area contributed by atoms with Crippen LogP contribution >= 0.6 is 0 Å². The fourth-order valence-corrected chi connectivity index (χ4v) is 5.24. The zero-order valence-electron chi connectivity index (χ0n) is 23.9. The maximum atomic E-state index is 14.1. The quantitative estimate of drug-likeness (QED) is 0.334. The molecule has 0 bridgehead atoms. The second-order valence-corrected chi connectivity index (χ2v) is 11.9. The van der Waals surface area contributed by atoms with E-state index < -0.39 is 28.5 Å². The molecule has 1 atom stereocenters. The van der Waals surface area contributed by atoms with Crippen LogP contribution in [0.3, 0.4) is 0 Å². The molecule has 0 saturated heterocycles.